The molecule has 3 heteroatoms. The van der Waals surface area contributed by atoms with Gasteiger partial charge in [-0.05, 0) is 12.0 Å². The average molecular weight is 229 g/mol. The first-order valence-electron chi connectivity index (χ1n) is 5.72. The van der Waals surface area contributed by atoms with E-state index >= 15 is 0 Å². The van der Waals surface area contributed by atoms with E-state index in [-0.39, 0.29) is 17.6 Å². The van der Waals surface area contributed by atoms with Gasteiger partial charge in [0.15, 0.2) is 5.78 Å². The standard InChI is InChI=1S/C14H15NO2/c1-2-7-15-14(17)11-8-10-5-3-4-6-12(10)13(16)9-11/h2-6,11H,1,7-9H2,(H,15,17). The summed E-state index contributed by atoms with van der Waals surface area (Å²) in [7, 11) is 0. The molecule has 1 aliphatic carbocycles. The molecule has 0 aliphatic heterocycles. The van der Waals surface area contributed by atoms with Crippen molar-refractivity contribution in [3.05, 3.63) is 48.0 Å². The van der Waals surface area contributed by atoms with Crippen LogP contribution in [0.25, 0.3) is 0 Å². The van der Waals surface area contributed by atoms with Crippen LogP contribution in [0.3, 0.4) is 0 Å². The van der Waals surface area contributed by atoms with Crippen molar-refractivity contribution in [2.24, 2.45) is 5.92 Å². The summed E-state index contributed by atoms with van der Waals surface area (Å²) < 4.78 is 0. The number of fused-ring (bicyclic) bond motifs is 1. The molecule has 0 fully saturated rings. The molecule has 1 unspecified atom stereocenters. The number of amides is 1. The number of nitrogens with one attached hydrogen (secondary N) is 1. The maximum absolute atomic E-state index is 11.9. The van der Waals surface area contributed by atoms with Gasteiger partial charge < -0.3 is 5.32 Å². The highest BCUT2D eigenvalue weighted by molar-refractivity contribution is 6.01. The maximum atomic E-state index is 11.9. The molecule has 1 aliphatic rings. The van der Waals surface area contributed by atoms with E-state index in [1.165, 1.54) is 0 Å². The summed E-state index contributed by atoms with van der Waals surface area (Å²) in [4.78, 5) is 23.7. The Morgan fingerprint density at radius 2 is 2.18 bits per heavy atom. The lowest BCUT2D eigenvalue weighted by molar-refractivity contribution is -0.124. The fraction of sp³-hybridized carbons (Fsp3) is 0.286. The molecular formula is C14H15NO2. The van der Waals surface area contributed by atoms with Crippen molar-refractivity contribution in [2.75, 3.05) is 6.54 Å². The first-order valence-corrected chi connectivity index (χ1v) is 5.72. The van der Waals surface area contributed by atoms with Crippen LogP contribution in [0.15, 0.2) is 36.9 Å². The summed E-state index contributed by atoms with van der Waals surface area (Å²) in [5, 5.41) is 2.74. The highest BCUT2D eigenvalue weighted by Crippen LogP contribution is 2.25. The molecule has 0 heterocycles. The molecule has 1 atom stereocenters. The Balaban J connectivity index is 2.14. The number of ketones is 1. The number of hydrogen-bond acceptors (Lipinski definition) is 2. The lowest BCUT2D eigenvalue weighted by Crippen LogP contribution is -2.35. The van der Waals surface area contributed by atoms with Crippen LogP contribution in [0, 0.1) is 5.92 Å². The molecule has 1 N–H and O–H groups in total. The predicted molar refractivity (Wildman–Crippen MR) is 65.8 cm³/mol. The zero-order valence-corrected chi connectivity index (χ0v) is 9.61. The number of hydrogen-bond donors (Lipinski definition) is 1. The SMILES string of the molecule is C=CCNC(=O)C1CC(=O)c2ccccc2C1. The van der Waals surface area contributed by atoms with E-state index in [2.05, 4.69) is 11.9 Å². The lowest BCUT2D eigenvalue weighted by atomic mass is 9.82. The van der Waals surface area contributed by atoms with E-state index < -0.39 is 0 Å². The molecule has 0 aromatic heterocycles. The molecular weight excluding hydrogens is 214 g/mol. The summed E-state index contributed by atoms with van der Waals surface area (Å²) in [6.45, 7) is 4.00. The first kappa shape index (κ1) is 11.6. The van der Waals surface area contributed by atoms with Gasteiger partial charge in [0.05, 0.1) is 0 Å². The third-order valence-electron chi connectivity index (χ3n) is 3.01. The third kappa shape index (κ3) is 2.44. The van der Waals surface area contributed by atoms with Crippen molar-refractivity contribution < 1.29 is 9.59 Å². The van der Waals surface area contributed by atoms with Gasteiger partial charge in [-0.3, -0.25) is 9.59 Å². The van der Waals surface area contributed by atoms with Crippen LogP contribution in [0.4, 0.5) is 0 Å². The van der Waals surface area contributed by atoms with Gasteiger partial charge >= 0.3 is 0 Å². The third-order valence-corrected chi connectivity index (χ3v) is 3.01. The molecule has 0 bridgehead atoms. The smallest absolute Gasteiger partial charge is 0.224 e. The molecule has 0 saturated carbocycles. The number of benzene rings is 1. The second kappa shape index (κ2) is 4.95. The van der Waals surface area contributed by atoms with Crippen LogP contribution >= 0.6 is 0 Å². The minimum Gasteiger partial charge on any atom is -0.352 e. The monoisotopic (exact) mass is 229 g/mol. The Morgan fingerprint density at radius 1 is 1.41 bits per heavy atom. The van der Waals surface area contributed by atoms with Crippen LogP contribution < -0.4 is 5.32 Å². The first-order chi connectivity index (χ1) is 8.22. The van der Waals surface area contributed by atoms with Crippen molar-refractivity contribution in [1.82, 2.24) is 5.32 Å². The van der Waals surface area contributed by atoms with Crippen LogP contribution in [0.1, 0.15) is 22.3 Å². The lowest BCUT2D eigenvalue weighted by Gasteiger charge is -2.22. The minimum atomic E-state index is -0.239. The highest BCUT2D eigenvalue weighted by atomic mass is 16.2. The molecule has 17 heavy (non-hydrogen) atoms. The van der Waals surface area contributed by atoms with E-state index in [1.54, 1.807) is 6.08 Å². The van der Waals surface area contributed by atoms with Gasteiger partial charge in [0, 0.05) is 24.4 Å². The minimum absolute atomic E-state index is 0.0607. The number of rotatable bonds is 3. The number of carbonyl (C=O) groups is 2. The van der Waals surface area contributed by atoms with Crippen molar-refractivity contribution in [3.63, 3.8) is 0 Å². The fourth-order valence-electron chi connectivity index (χ4n) is 2.14. The summed E-state index contributed by atoms with van der Waals surface area (Å²) in [6, 6.07) is 7.50. The van der Waals surface area contributed by atoms with E-state index in [4.69, 9.17) is 0 Å². The molecule has 1 aromatic rings. The predicted octanol–water partition coefficient (Wildman–Crippen LogP) is 1.73. The highest BCUT2D eigenvalue weighted by Gasteiger charge is 2.29. The van der Waals surface area contributed by atoms with E-state index in [9.17, 15) is 9.59 Å². The molecule has 1 amide bonds. The van der Waals surface area contributed by atoms with E-state index in [0.717, 1.165) is 11.1 Å². The zero-order valence-electron chi connectivity index (χ0n) is 9.61. The average Bonchev–Trinajstić information content (AvgIpc) is 2.36. The summed E-state index contributed by atoms with van der Waals surface area (Å²) in [6.07, 6.45) is 2.58. The summed E-state index contributed by atoms with van der Waals surface area (Å²) in [5.74, 6) is -0.240. The Hall–Kier alpha value is -1.90. The molecule has 0 radical (unpaired) electrons. The van der Waals surface area contributed by atoms with Gasteiger partial charge in [-0.2, -0.15) is 0 Å². The van der Waals surface area contributed by atoms with Gasteiger partial charge in [-0.1, -0.05) is 30.3 Å². The van der Waals surface area contributed by atoms with Crippen LogP contribution in [0.5, 0.6) is 0 Å². The van der Waals surface area contributed by atoms with Gasteiger partial charge in [0.1, 0.15) is 0 Å². The largest absolute Gasteiger partial charge is 0.352 e. The second-order valence-electron chi connectivity index (χ2n) is 4.22. The Kier molecular flexibility index (Phi) is 3.38. The van der Waals surface area contributed by atoms with Gasteiger partial charge in [0.25, 0.3) is 0 Å². The molecule has 3 nitrogen and oxygen atoms in total. The molecule has 1 aromatic carbocycles. The second-order valence-corrected chi connectivity index (χ2v) is 4.22. The quantitative estimate of drug-likeness (QED) is 0.802. The molecule has 0 spiro atoms. The van der Waals surface area contributed by atoms with Gasteiger partial charge in [0.2, 0.25) is 5.91 Å². The number of carbonyl (C=O) groups excluding carboxylic acids is 2. The van der Waals surface area contributed by atoms with E-state index in [1.807, 2.05) is 24.3 Å². The van der Waals surface area contributed by atoms with Crippen LogP contribution in [-0.4, -0.2) is 18.2 Å². The Labute approximate surface area is 101 Å². The normalized spacial score (nSPS) is 18.4. The topological polar surface area (TPSA) is 46.2 Å². The Bertz CT molecular complexity index is 465. The number of Topliss-reactive ketones (excluding diaryl/α,β-unsaturated/α-hetero) is 1. The zero-order chi connectivity index (χ0) is 12.3. The maximum Gasteiger partial charge on any atom is 0.224 e. The fourth-order valence-corrected chi connectivity index (χ4v) is 2.14. The van der Waals surface area contributed by atoms with Crippen molar-refractivity contribution in [2.45, 2.75) is 12.8 Å². The van der Waals surface area contributed by atoms with Crippen molar-refractivity contribution >= 4 is 11.7 Å². The van der Waals surface area contributed by atoms with Crippen LogP contribution in [-0.2, 0) is 11.2 Å². The molecule has 88 valence electrons. The summed E-state index contributed by atoms with van der Waals surface area (Å²) >= 11 is 0. The van der Waals surface area contributed by atoms with E-state index in [0.29, 0.717) is 19.4 Å². The van der Waals surface area contributed by atoms with Crippen LogP contribution in [0.2, 0.25) is 0 Å². The van der Waals surface area contributed by atoms with Gasteiger partial charge in [-0.15, -0.1) is 6.58 Å². The van der Waals surface area contributed by atoms with Crippen molar-refractivity contribution in [1.29, 1.82) is 0 Å². The van der Waals surface area contributed by atoms with Crippen molar-refractivity contribution in [3.8, 4) is 0 Å². The molecule has 0 saturated heterocycles. The Morgan fingerprint density at radius 3 is 2.94 bits per heavy atom. The summed E-state index contributed by atoms with van der Waals surface area (Å²) in [5.41, 5.74) is 1.74. The molecule has 2 rings (SSSR count). The van der Waals surface area contributed by atoms with Gasteiger partial charge in [-0.25, -0.2) is 0 Å².